The van der Waals surface area contributed by atoms with Gasteiger partial charge >= 0.3 is 6.85 Å². The van der Waals surface area contributed by atoms with Gasteiger partial charge in [0.1, 0.15) is 17.1 Å². The molecule has 34 heavy (non-hydrogen) atoms. The Kier molecular flexibility index (Phi) is 10.5. The van der Waals surface area contributed by atoms with Gasteiger partial charge in [-0.2, -0.15) is 0 Å². The number of aliphatic hydroxyl groups is 1. The Morgan fingerprint density at radius 2 is 1.56 bits per heavy atom. The number of benzene rings is 2. The highest BCUT2D eigenvalue weighted by molar-refractivity contribution is 8.04. The minimum atomic E-state index is -1.14. The fraction of sp³-hybridized carbons (Fsp3) is 0.519. The molecule has 0 fully saturated rings. The van der Waals surface area contributed by atoms with Crippen molar-refractivity contribution in [2.75, 3.05) is 7.05 Å². The van der Waals surface area contributed by atoms with Gasteiger partial charge in [-0.05, 0) is 81.1 Å². The maximum atomic E-state index is 9.78. The van der Waals surface area contributed by atoms with Gasteiger partial charge in [0.25, 0.3) is 5.34 Å². The van der Waals surface area contributed by atoms with E-state index in [0.29, 0.717) is 0 Å². The number of aliphatic hydroxyl groups excluding tert-OH is 1. The van der Waals surface area contributed by atoms with Crippen molar-refractivity contribution >= 4 is 24.9 Å². The van der Waals surface area contributed by atoms with Gasteiger partial charge in [0.15, 0.2) is 11.8 Å². The van der Waals surface area contributed by atoms with Crippen LogP contribution in [0.4, 0.5) is 0 Å². The molecule has 0 saturated carbocycles. The summed E-state index contributed by atoms with van der Waals surface area (Å²) in [5.41, 5.74) is 1.66. The lowest BCUT2D eigenvalue weighted by Crippen LogP contribution is -2.34. The highest BCUT2D eigenvalue weighted by atomic mass is 32.4. The number of hydrogen-bond acceptors (Lipinski definition) is 5. The van der Waals surface area contributed by atoms with Crippen molar-refractivity contribution < 1.29 is 14.6 Å². The van der Waals surface area contributed by atoms with E-state index >= 15 is 0 Å². The van der Waals surface area contributed by atoms with Crippen LogP contribution in [0.25, 0.3) is 0 Å². The molecule has 5 nitrogen and oxygen atoms in total. The molecule has 0 bridgehead atoms. The van der Waals surface area contributed by atoms with Crippen LogP contribution in [0.1, 0.15) is 84.5 Å². The van der Waals surface area contributed by atoms with Gasteiger partial charge in [-0.1, -0.05) is 32.9 Å². The number of nitrogens with zero attached hydrogens (tertiary/aromatic N) is 2. The molecule has 3 atom stereocenters. The van der Waals surface area contributed by atoms with Gasteiger partial charge in [-0.15, -0.1) is 9.88 Å². The zero-order chi connectivity index (χ0) is 25.4. The van der Waals surface area contributed by atoms with Crippen molar-refractivity contribution in [3.8, 4) is 11.5 Å². The minimum absolute atomic E-state index is 0.187. The van der Waals surface area contributed by atoms with E-state index in [1.807, 2.05) is 66.6 Å². The first kappa shape index (κ1) is 28.2. The monoisotopic (exact) mass is 503 g/mol. The van der Waals surface area contributed by atoms with Crippen LogP contribution in [0.2, 0.25) is 0 Å². The Balaban J connectivity index is 2.15. The summed E-state index contributed by atoms with van der Waals surface area (Å²) in [6.45, 7) is 11.2. The first-order valence-corrected chi connectivity index (χ1v) is 14.4. The summed E-state index contributed by atoms with van der Waals surface area (Å²) < 4.78 is 14.5. The summed E-state index contributed by atoms with van der Waals surface area (Å²) in [6, 6.07) is 15.6. The van der Waals surface area contributed by atoms with E-state index in [9.17, 15) is 5.11 Å². The van der Waals surface area contributed by atoms with Crippen molar-refractivity contribution in [2.24, 2.45) is 5.10 Å². The Bertz CT molecular complexity index is 945. The smallest absolute Gasteiger partial charge is 0.358 e. The molecule has 2 aromatic carbocycles. The van der Waals surface area contributed by atoms with Crippen LogP contribution in [0, 0.1) is 0 Å². The van der Waals surface area contributed by atoms with Crippen LogP contribution >= 0.6 is 6.85 Å². The maximum absolute atomic E-state index is 9.78. The molecular weight excluding hydrogens is 463 g/mol. The third-order valence-electron chi connectivity index (χ3n) is 5.97. The van der Waals surface area contributed by atoms with Crippen LogP contribution in [0.5, 0.6) is 11.5 Å². The van der Waals surface area contributed by atoms with Crippen molar-refractivity contribution in [3.63, 3.8) is 0 Å². The summed E-state index contributed by atoms with van der Waals surface area (Å²) >= 11 is 6.03. The molecule has 0 aliphatic rings. The van der Waals surface area contributed by atoms with Gasteiger partial charge in [-0.3, -0.25) is 0 Å². The molecule has 0 amide bonds. The molecule has 0 saturated heterocycles. The zero-order valence-corrected chi connectivity index (χ0v) is 23.3. The first-order valence-electron chi connectivity index (χ1n) is 12.1. The Hall–Kier alpha value is -2.01. The van der Waals surface area contributed by atoms with E-state index in [1.165, 1.54) is 0 Å². The van der Waals surface area contributed by atoms with E-state index in [2.05, 4.69) is 39.7 Å². The normalized spacial score (nSPS) is 15.0. The molecule has 0 radical (unpaired) electrons. The summed E-state index contributed by atoms with van der Waals surface area (Å²) in [6.07, 6.45) is 4.86. The average Bonchev–Trinajstić information content (AvgIpc) is 2.82. The van der Waals surface area contributed by atoms with Crippen molar-refractivity contribution in [3.05, 3.63) is 59.7 Å². The predicted molar refractivity (Wildman–Crippen MR) is 147 cm³/mol. The Labute approximate surface area is 211 Å². The van der Waals surface area contributed by atoms with Gasteiger partial charge < -0.3 is 14.6 Å². The van der Waals surface area contributed by atoms with Crippen LogP contribution in [0.15, 0.2) is 53.6 Å². The molecule has 3 unspecified atom stereocenters. The molecule has 0 aliphatic heterocycles. The largest absolute Gasteiger partial charge is 0.488 e. The lowest BCUT2D eigenvalue weighted by molar-refractivity contribution is 0.105. The second-order valence-electron chi connectivity index (χ2n) is 9.19. The summed E-state index contributed by atoms with van der Waals surface area (Å²) in [5.74, 6) is 1.62. The summed E-state index contributed by atoms with van der Waals surface area (Å²) in [5, 5.41) is 14.0. The molecule has 186 valence electrons. The second kappa shape index (κ2) is 12.6. The van der Waals surface area contributed by atoms with Gasteiger partial charge in [0, 0.05) is 12.8 Å². The lowest BCUT2D eigenvalue weighted by Gasteiger charge is -2.27. The van der Waals surface area contributed by atoms with E-state index in [0.717, 1.165) is 48.3 Å². The molecule has 0 heterocycles. The van der Waals surface area contributed by atoms with E-state index in [1.54, 1.807) is 6.92 Å². The van der Waals surface area contributed by atoms with E-state index < -0.39 is 18.3 Å². The number of hydrazone groups is 1. The quantitative estimate of drug-likeness (QED) is 0.175. The highest BCUT2D eigenvalue weighted by Gasteiger charge is 2.48. The van der Waals surface area contributed by atoms with Crippen LogP contribution in [-0.4, -0.2) is 34.1 Å². The number of ether oxygens (including phenoxy) is 2. The SMILES string of the molecule is CCCC(CC)(Oc1ccc(C(C)O)cc1)[P+](=S)N(C)N=Cc1ccc(OC(C)(C)CC)cc1. The Morgan fingerprint density at radius 1 is 1.00 bits per heavy atom. The fourth-order valence-electron chi connectivity index (χ4n) is 3.47. The molecule has 2 aromatic rings. The van der Waals surface area contributed by atoms with Crippen molar-refractivity contribution in [1.29, 1.82) is 0 Å². The minimum Gasteiger partial charge on any atom is -0.488 e. The topological polar surface area (TPSA) is 54.3 Å². The number of rotatable bonds is 13. The van der Waals surface area contributed by atoms with Gasteiger partial charge in [0.05, 0.1) is 19.4 Å². The van der Waals surface area contributed by atoms with Gasteiger partial charge in [0.2, 0.25) is 0 Å². The molecule has 1 N–H and O–H groups in total. The summed E-state index contributed by atoms with van der Waals surface area (Å²) in [4.78, 5) is 0. The second-order valence-corrected chi connectivity index (χ2v) is 12.2. The van der Waals surface area contributed by atoms with Crippen LogP contribution < -0.4 is 9.47 Å². The third kappa shape index (κ3) is 7.76. The maximum Gasteiger partial charge on any atom is 0.358 e. The number of hydrogen-bond donors (Lipinski definition) is 1. The zero-order valence-electron chi connectivity index (χ0n) is 21.6. The van der Waals surface area contributed by atoms with Crippen LogP contribution in [0.3, 0.4) is 0 Å². The lowest BCUT2D eigenvalue weighted by atomic mass is 10.1. The molecule has 0 spiro atoms. The van der Waals surface area contributed by atoms with E-state index in [-0.39, 0.29) is 5.60 Å². The highest BCUT2D eigenvalue weighted by Crippen LogP contribution is 2.48. The first-order chi connectivity index (χ1) is 16.1. The molecule has 7 heteroatoms. The third-order valence-corrected chi connectivity index (χ3v) is 9.64. The molecule has 0 aliphatic carbocycles. The van der Waals surface area contributed by atoms with Crippen molar-refractivity contribution in [1.82, 2.24) is 4.78 Å². The fourth-order valence-corrected chi connectivity index (χ4v) is 5.91. The average molecular weight is 504 g/mol. The van der Waals surface area contributed by atoms with Crippen LogP contribution in [-0.2, 0) is 11.8 Å². The summed E-state index contributed by atoms with van der Waals surface area (Å²) in [7, 11) is 1.93. The molecule has 0 aromatic heterocycles. The standard InChI is InChI=1S/C27H40N2O3PS/c1-8-19-27(10-3,32-25-17-13-23(14-18-25)21(4)30)33(34)29(7)28-20-22-11-15-24(16-12-22)31-26(5,6)9-2/h11-18,20-21,30H,8-10,19H2,1-7H3/q+1. The van der Waals surface area contributed by atoms with Gasteiger partial charge in [-0.25, -0.2) is 0 Å². The van der Waals surface area contributed by atoms with Crippen molar-refractivity contribution in [2.45, 2.75) is 84.3 Å². The Morgan fingerprint density at radius 3 is 2.06 bits per heavy atom. The van der Waals surface area contributed by atoms with E-state index in [4.69, 9.17) is 21.3 Å². The predicted octanol–water partition coefficient (Wildman–Crippen LogP) is 7.42. The molecule has 2 rings (SSSR count). The molecular formula is C27H40N2O3PS+.